The molecule has 0 unspecified atom stereocenters. The summed E-state index contributed by atoms with van der Waals surface area (Å²) in [6, 6.07) is 1.73. The molecule has 0 spiro atoms. The summed E-state index contributed by atoms with van der Waals surface area (Å²) in [5.74, 6) is -1.65. The number of hydrogen-bond acceptors (Lipinski definition) is 5. The molecule has 0 bridgehead atoms. The third-order valence-electron chi connectivity index (χ3n) is 3.07. The Morgan fingerprint density at radius 1 is 1.43 bits per heavy atom. The Hall–Kier alpha value is -1.67. The van der Waals surface area contributed by atoms with Gasteiger partial charge in [-0.3, -0.25) is 4.79 Å². The van der Waals surface area contributed by atoms with Gasteiger partial charge in [-0.05, 0) is 36.9 Å². The van der Waals surface area contributed by atoms with Gasteiger partial charge in [0.1, 0.15) is 4.75 Å². The molecule has 2 N–H and O–H groups in total. The van der Waals surface area contributed by atoms with Crippen LogP contribution in [0.25, 0.3) is 6.08 Å². The second-order valence-corrected chi connectivity index (χ2v) is 8.50. The van der Waals surface area contributed by atoms with Crippen molar-refractivity contribution < 1.29 is 23.1 Å². The molecule has 0 atom stereocenters. The second kappa shape index (κ2) is 6.40. The number of sulfone groups is 1. The molecule has 0 aromatic carbocycles. The van der Waals surface area contributed by atoms with Gasteiger partial charge < -0.3 is 10.4 Å². The number of nitrogens with one attached hydrogen (secondary N) is 1. The summed E-state index contributed by atoms with van der Waals surface area (Å²) < 4.78 is 21.6. The van der Waals surface area contributed by atoms with Crippen molar-refractivity contribution in [3.63, 3.8) is 0 Å². The number of carboxylic acid groups (broad SMARTS) is 1. The second-order valence-electron chi connectivity index (χ2n) is 4.94. The maximum Gasteiger partial charge on any atom is 0.328 e. The number of amides is 1. The van der Waals surface area contributed by atoms with Gasteiger partial charge >= 0.3 is 5.97 Å². The smallest absolute Gasteiger partial charge is 0.328 e. The third-order valence-corrected chi connectivity index (χ3v) is 6.04. The molecule has 0 fully saturated rings. The highest BCUT2D eigenvalue weighted by Gasteiger charge is 2.38. The summed E-state index contributed by atoms with van der Waals surface area (Å²) in [5, 5.41) is 12.9. The van der Waals surface area contributed by atoms with Crippen LogP contribution in [0.15, 0.2) is 17.5 Å². The highest BCUT2D eigenvalue weighted by Crippen LogP contribution is 2.20. The number of rotatable bonds is 6. The van der Waals surface area contributed by atoms with Crippen molar-refractivity contribution in [2.45, 2.75) is 25.1 Å². The topological polar surface area (TPSA) is 101 Å². The van der Waals surface area contributed by atoms with Crippen LogP contribution in [0.4, 0.5) is 0 Å². The molecule has 1 amide bonds. The highest BCUT2D eigenvalue weighted by atomic mass is 32.2. The average Bonchev–Trinajstić information content (AvgIpc) is 2.79. The standard InChI is InChI=1S/C13H17NO5S2/c1-13(2,21(3,18)19)12(17)14-8-10-9(6-7-20-10)4-5-11(15)16/h4-7H,8H2,1-3H3,(H,14,17)(H,15,16)/b5-4+. The first kappa shape index (κ1) is 17.4. The lowest BCUT2D eigenvalue weighted by Gasteiger charge is -2.21. The van der Waals surface area contributed by atoms with E-state index in [4.69, 9.17) is 5.11 Å². The van der Waals surface area contributed by atoms with E-state index in [0.29, 0.717) is 5.56 Å². The van der Waals surface area contributed by atoms with E-state index in [9.17, 15) is 18.0 Å². The number of carbonyl (C=O) groups excluding carboxylic acids is 1. The minimum Gasteiger partial charge on any atom is -0.478 e. The number of carbonyl (C=O) groups is 2. The molecule has 116 valence electrons. The van der Waals surface area contributed by atoms with Crippen LogP contribution < -0.4 is 5.32 Å². The Morgan fingerprint density at radius 2 is 2.05 bits per heavy atom. The summed E-state index contributed by atoms with van der Waals surface area (Å²) in [6.45, 7) is 2.84. The van der Waals surface area contributed by atoms with E-state index in [0.717, 1.165) is 17.2 Å². The third kappa shape index (κ3) is 4.40. The summed E-state index contributed by atoms with van der Waals surface area (Å²) >= 11 is 1.35. The molecule has 0 aliphatic heterocycles. The van der Waals surface area contributed by atoms with Gasteiger partial charge in [0.2, 0.25) is 5.91 Å². The Labute approximate surface area is 127 Å². The minimum absolute atomic E-state index is 0.148. The maximum absolute atomic E-state index is 12.0. The van der Waals surface area contributed by atoms with Crippen LogP contribution in [0, 0.1) is 0 Å². The minimum atomic E-state index is -3.52. The van der Waals surface area contributed by atoms with Crippen molar-refractivity contribution in [2.75, 3.05) is 6.26 Å². The van der Waals surface area contributed by atoms with E-state index in [1.54, 1.807) is 11.4 Å². The number of aliphatic carboxylic acids is 1. The van der Waals surface area contributed by atoms with Crippen molar-refractivity contribution in [2.24, 2.45) is 0 Å². The van der Waals surface area contributed by atoms with E-state index < -0.39 is 26.5 Å². The zero-order valence-electron chi connectivity index (χ0n) is 11.9. The molecule has 0 aliphatic carbocycles. The molecule has 1 aromatic rings. The van der Waals surface area contributed by atoms with E-state index in [2.05, 4.69) is 5.32 Å². The molecule has 0 saturated heterocycles. The number of hydrogen-bond donors (Lipinski definition) is 2. The van der Waals surface area contributed by atoms with Crippen LogP contribution >= 0.6 is 11.3 Å². The van der Waals surface area contributed by atoms with Crippen LogP contribution in [-0.4, -0.2) is 36.4 Å². The van der Waals surface area contributed by atoms with Crippen LogP contribution in [0.5, 0.6) is 0 Å². The number of thiophene rings is 1. The molecule has 1 rings (SSSR count). The molecular weight excluding hydrogens is 314 g/mol. The van der Waals surface area contributed by atoms with Crippen LogP contribution in [0.2, 0.25) is 0 Å². The van der Waals surface area contributed by atoms with Crippen LogP contribution in [-0.2, 0) is 26.0 Å². The lowest BCUT2D eigenvalue weighted by atomic mass is 10.2. The van der Waals surface area contributed by atoms with Crippen LogP contribution in [0.1, 0.15) is 24.3 Å². The summed E-state index contributed by atoms with van der Waals surface area (Å²) in [6.07, 6.45) is 3.45. The molecule has 0 radical (unpaired) electrons. The van der Waals surface area contributed by atoms with Gasteiger partial charge in [-0.1, -0.05) is 0 Å². The molecule has 1 aromatic heterocycles. The SMILES string of the molecule is CC(C)(C(=O)NCc1sccc1/C=C/C(=O)O)S(C)(=O)=O. The van der Waals surface area contributed by atoms with Crippen molar-refractivity contribution in [3.05, 3.63) is 28.0 Å². The Morgan fingerprint density at radius 3 is 2.57 bits per heavy atom. The van der Waals surface area contributed by atoms with Gasteiger partial charge in [-0.25, -0.2) is 13.2 Å². The van der Waals surface area contributed by atoms with E-state index in [1.165, 1.54) is 31.3 Å². The molecule has 8 heteroatoms. The van der Waals surface area contributed by atoms with Gasteiger partial charge in [0, 0.05) is 17.2 Å². The lowest BCUT2D eigenvalue weighted by Crippen LogP contribution is -2.47. The zero-order chi connectivity index (χ0) is 16.3. The average molecular weight is 331 g/mol. The van der Waals surface area contributed by atoms with Crippen molar-refractivity contribution in [1.82, 2.24) is 5.32 Å². The fourth-order valence-electron chi connectivity index (χ4n) is 1.35. The Kier molecular flexibility index (Phi) is 5.30. The molecule has 1 heterocycles. The summed E-state index contributed by atoms with van der Waals surface area (Å²) in [5.41, 5.74) is 0.680. The first-order chi connectivity index (χ1) is 9.55. The lowest BCUT2D eigenvalue weighted by molar-refractivity contribution is -0.131. The Balaban J connectivity index is 2.80. The maximum atomic E-state index is 12.0. The monoisotopic (exact) mass is 331 g/mol. The first-order valence-corrected chi connectivity index (χ1v) is 8.78. The number of carboxylic acids is 1. The molecule has 21 heavy (non-hydrogen) atoms. The highest BCUT2D eigenvalue weighted by molar-refractivity contribution is 7.92. The van der Waals surface area contributed by atoms with Crippen molar-refractivity contribution in [1.29, 1.82) is 0 Å². The van der Waals surface area contributed by atoms with E-state index >= 15 is 0 Å². The quantitative estimate of drug-likeness (QED) is 0.765. The van der Waals surface area contributed by atoms with E-state index in [-0.39, 0.29) is 6.54 Å². The molecule has 0 aliphatic rings. The van der Waals surface area contributed by atoms with E-state index in [1.807, 2.05) is 0 Å². The van der Waals surface area contributed by atoms with Crippen molar-refractivity contribution >= 4 is 39.1 Å². The molecular formula is C13H17NO5S2. The summed E-state index contributed by atoms with van der Waals surface area (Å²) in [4.78, 5) is 23.2. The fraction of sp³-hybridized carbons (Fsp3) is 0.385. The predicted octanol–water partition coefficient (Wildman–Crippen LogP) is 1.29. The van der Waals surface area contributed by atoms with Gasteiger partial charge in [0.25, 0.3) is 0 Å². The Bertz CT molecular complexity index is 670. The van der Waals surface area contributed by atoms with Crippen molar-refractivity contribution in [3.8, 4) is 0 Å². The predicted molar refractivity (Wildman–Crippen MR) is 81.8 cm³/mol. The largest absolute Gasteiger partial charge is 0.478 e. The summed E-state index contributed by atoms with van der Waals surface area (Å²) in [7, 11) is -3.52. The molecule has 6 nitrogen and oxygen atoms in total. The van der Waals surface area contributed by atoms with Gasteiger partial charge in [-0.2, -0.15) is 0 Å². The first-order valence-electron chi connectivity index (χ1n) is 6.01. The van der Waals surface area contributed by atoms with Gasteiger partial charge in [0.05, 0.1) is 6.54 Å². The van der Waals surface area contributed by atoms with Crippen LogP contribution in [0.3, 0.4) is 0 Å². The van der Waals surface area contributed by atoms with Gasteiger partial charge in [0.15, 0.2) is 9.84 Å². The van der Waals surface area contributed by atoms with Gasteiger partial charge in [-0.15, -0.1) is 11.3 Å². The molecule has 0 saturated carbocycles. The normalized spacial score (nSPS) is 12.5. The zero-order valence-corrected chi connectivity index (χ0v) is 13.5. The fourth-order valence-corrected chi connectivity index (χ4v) is 2.56.